The molecule has 2 aromatic rings. The number of hydrogen-bond acceptors (Lipinski definition) is 4. The first kappa shape index (κ1) is 15.2. The van der Waals surface area contributed by atoms with E-state index in [-0.39, 0.29) is 29.2 Å². The molecule has 1 amide bonds. The van der Waals surface area contributed by atoms with Crippen LogP contribution in [0.15, 0.2) is 29.1 Å². The zero-order valence-electron chi connectivity index (χ0n) is 11.7. The number of terminal acetylenes is 1. The van der Waals surface area contributed by atoms with Crippen LogP contribution in [0.3, 0.4) is 0 Å². The van der Waals surface area contributed by atoms with Crippen LogP contribution in [0.5, 0.6) is 0 Å². The number of carbonyl (C=O) groups excluding carboxylic acids is 1. The Morgan fingerprint density at radius 1 is 1.43 bits per heavy atom. The SMILES string of the molecule is C#CCn1c(=NC(=O)C2=COCCO2)sc2cc(F)cc(F)c21. The van der Waals surface area contributed by atoms with Crippen molar-refractivity contribution in [3.05, 3.63) is 40.6 Å². The average molecular weight is 336 g/mol. The maximum atomic E-state index is 14.0. The monoisotopic (exact) mass is 336 g/mol. The Kier molecular flexibility index (Phi) is 4.12. The van der Waals surface area contributed by atoms with Gasteiger partial charge in [0.05, 0.1) is 16.8 Å². The van der Waals surface area contributed by atoms with Crippen molar-refractivity contribution in [1.82, 2.24) is 4.57 Å². The summed E-state index contributed by atoms with van der Waals surface area (Å²) < 4.78 is 39.2. The minimum absolute atomic E-state index is 0.00886. The van der Waals surface area contributed by atoms with E-state index in [2.05, 4.69) is 10.9 Å². The molecule has 1 aromatic heterocycles. The highest BCUT2D eigenvalue weighted by Crippen LogP contribution is 2.22. The van der Waals surface area contributed by atoms with Gasteiger partial charge in [0.1, 0.15) is 25.3 Å². The van der Waals surface area contributed by atoms with Gasteiger partial charge in [-0.3, -0.25) is 4.79 Å². The molecule has 0 atom stereocenters. The number of nitrogens with zero attached hydrogens (tertiary/aromatic N) is 2. The first-order valence-electron chi connectivity index (χ1n) is 6.55. The molecule has 5 nitrogen and oxygen atoms in total. The van der Waals surface area contributed by atoms with E-state index in [1.54, 1.807) is 0 Å². The molecule has 0 bridgehead atoms. The van der Waals surface area contributed by atoms with E-state index in [0.717, 1.165) is 17.4 Å². The van der Waals surface area contributed by atoms with Gasteiger partial charge in [0.15, 0.2) is 10.6 Å². The standard InChI is InChI=1S/C15H10F2N2O3S/c1-2-3-19-13-10(17)6-9(16)7-12(13)23-15(19)18-14(20)11-8-21-4-5-22-11/h1,6-8H,3-5H2. The number of aromatic nitrogens is 1. The predicted octanol–water partition coefficient (Wildman–Crippen LogP) is 1.93. The summed E-state index contributed by atoms with van der Waals surface area (Å²) in [5.74, 6) is 0.157. The zero-order chi connectivity index (χ0) is 16.4. The van der Waals surface area contributed by atoms with E-state index in [1.165, 1.54) is 16.9 Å². The number of benzene rings is 1. The van der Waals surface area contributed by atoms with E-state index in [4.69, 9.17) is 15.9 Å². The Hall–Kier alpha value is -2.66. The van der Waals surface area contributed by atoms with E-state index >= 15 is 0 Å². The summed E-state index contributed by atoms with van der Waals surface area (Å²) in [6.07, 6.45) is 6.46. The summed E-state index contributed by atoms with van der Waals surface area (Å²) in [4.78, 5) is 16.1. The molecular weight excluding hydrogens is 326 g/mol. The number of halogens is 2. The van der Waals surface area contributed by atoms with E-state index in [1.807, 2.05) is 0 Å². The molecular formula is C15H10F2N2O3S. The molecule has 118 valence electrons. The largest absolute Gasteiger partial charge is 0.494 e. The van der Waals surface area contributed by atoms with Gasteiger partial charge in [-0.25, -0.2) is 8.78 Å². The zero-order valence-corrected chi connectivity index (χ0v) is 12.5. The normalized spacial score (nSPS) is 14.8. The van der Waals surface area contributed by atoms with Gasteiger partial charge >= 0.3 is 5.91 Å². The lowest BCUT2D eigenvalue weighted by Gasteiger charge is -2.12. The van der Waals surface area contributed by atoms with Crippen molar-refractivity contribution in [3.63, 3.8) is 0 Å². The maximum absolute atomic E-state index is 14.0. The number of fused-ring (bicyclic) bond motifs is 1. The fourth-order valence-electron chi connectivity index (χ4n) is 2.07. The highest BCUT2D eigenvalue weighted by molar-refractivity contribution is 7.16. The summed E-state index contributed by atoms with van der Waals surface area (Å²) in [7, 11) is 0. The lowest BCUT2D eigenvalue weighted by molar-refractivity contribution is -0.119. The summed E-state index contributed by atoms with van der Waals surface area (Å²) in [5.41, 5.74) is 0.107. The molecule has 0 unspecified atom stereocenters. The van der Waals surface area contributed by atoms with Crippen molar-refractivity contribution in [2.75, 3.05) is 13.2 Å². The van der Waals surface area contributed by atoms with Crippen molar-refractivity contribution in [3.8, 4) is 12.3 Å². The van der Waals surface area contributed by atoms with Crippen molar-refractivity contribution in [2.45, 2.75) is 6.54 Å². The minimum atomic E-state index is -0.767. The molecule has 0 saturated heterocycles. The fourth-order valence-corrected chi connectivity index (χ4v) is 3.14. The van der Waals surface area contributed by atoms with Crippen LogP contribution in [0.4, 0.5) is 8.78 Å². The summed E-state index contributed by atoms with van der Waals surface area (Å²) in [6.45, 7) is 0.579. The molecule has 1 aromatic carbocycles. The van der Waals surface area contributed by atoms with Crippen LogP contribution in [-0.4, -0.2) is 23.7 Å². The molecule has 0 fully saturated rings. The van der Waals surface area contributed by atoms with Crippen LogP contribution in [0.2, 0.25) is 0 Å². The molecule has 0 radical (unpaired) electrons. The topological polar surface area (TPSA) is 52.8 Å². The van der Waals surface area contributed by atoms with Crippen molar-refractivity contribution in [2.24, 2.45) is 4.99 Å². The molecule has 0 saturated carbocycles. The number of thiazole rings is 1. The molecule has 2 heterocycles. The molecule has 1 aliphatic heterocycles. The number of ether oxygens (including phenoxy) is 2. The quantitative estimate of drug-likeness (QED) is 0.788. The Morgan fingerprint density at radius 3 is 2.96 bits per heavy atom. The van der Waals surface area contributed by atoms with Gasteiger partial charge in [0, 0.05) is 6.07 Å². The van der Waals surface area contributed by atoms with Crippen LogP contribution in [0.25, 0.3) is 10.2 Å². The van der Waals surface area contributed by atoms with Gasteiger partial charge in [-0.05, 0) is 6.07 Å². The van der Waals surface area contributed by atoms with Gasteiger partial charge < -0.3 is 14.0 Å². The smallest absolute Gasteiger partial charge is 0.317 e. The lowest BCUT2D eigenvalue weighted by Crippen LogP contribution is -2.20. The Labute approximate surface area is 133 Å². The Bertz CT molecular complexity index is 921. The second-order valence-electron chi connectivity index (χ2n) is 4.53. The van der Waals surface area contributed by atoms with Crippen LogP contribution in [0, 0.1) is 24.0 Å². The highest BCUT2D eigenvalue weighted by Gasteiger charge is 2.17. The predicted molar refractivity (Wildman–Crippen MR) is 79.1 cm³/mol. The minimum Gasteiger partial charge on any atom is -0.494 e. The first-order chi connectivity index (χ1) is 11.1. The van der Waals surface area contributed by atoms with E-state index in [0.29, 0.717) is 11.3 Å². The molecule has 0 N–H and O–H groups in total. The maximum Gasteiger partial charge on any atom is 0.317 e. The fraction of sp³-hybridized carbons (Fsp3) is 0.200. The average Bonchev–Trinajstić information content (AvgIpc) is 2.86. The van der Waals surface area contributed by atoms with Crippen LogP contribution >= 0.6 is 11.3 Å². The van der Waals surface area contributed by atoms with E-state index < -0.39 is 17.5 Å². The Morgan fingerprint density at radius 2 is 2.26 bits per heavy atom. The van der Waals surface area contributed by atoms with Gasteiger partial charge in [0.25, 0.3) is 0 Å². The van der Waals surface area contributed by atoms with Crippen LogP contribution < -0.4 is 4.80 Å². The van der Waals surface area contributed by atoms with Gasteiger partial charge in [-0.2, -0.15) is 4.99 Å². The first-order valence-corrected chi connectivity index (χ1v) is 7.37. The molecule has 0 spiro atoms. The van der Waals surface area contributed by atoms with Crippen molar-refractivity contribution in [1.29, 1.82) is 0 Å². The summed E-state index contributed by atoms with van der Waals surface area (Å²) in [5, 5.41) is 0. The number of carbonyl (C=O) groups is 1. The van der Waals surface area contributed by atoms with Crippen LogP contribution in [0.1, 0.15) is 0 Å². The second-order valence-corrected chi connectivity index (χ2v) is 5.54. The third-order valence-electron chi connectivity index (χ3n) is 3.00. The van der Waals surface area contributed by atoms with E-state index in [9.17, 15) is 13.6 Å². The molecule has 8 heteroatoms. The van der Waals surface area contributed by atoms with Crippen molar-refractivity contribution >= 4 is 27.5 Å². The third kappa shape index (κ3) is 2.96. The molecule has 3 rings (SSSR count). The molecule has 23 heavy (non-hydrogen) atoms. The molecule has 0 aliphatic carbocycles. The lowest BCUT2D eigenvalue weighted by atomic mass is 10.3. The van der Waals surface area contributed by atoms with Crippen molar-refractivity contribution < 1.29 is 23.0 Å². The number of amides is 1. The van der Waals surface area contributed by atoms with Gasteiger partial charge in [-0.1, -0.05) is 17.3 Å². The third-order valence-corrected chi connectivity index (χ3v) is 4.03. The number of hydrogen-bond donors (Lipinski definition) is 0. The summed E-state index contributed by atoms with van der Waals surface area (Å²) in [6, 6.07) is 1.92. The number of rotatable bonds is 2. The highest BCUT2D eigenvalue weighted by atomic mass is 32.1. The molecule has 1 aliphatic rings. The second kappa shape index (κ2) is 6.22. The summed E-state index contributed by atoms with van der Waals surface area (Å²) >= 11 is 0.961. The Balaban J connectivity index is 2.16. The van der Waals surface area contributed by atoms with Gasteiger partial charge in [-0.15, -0.1) is 6.42 Å². The van der Waals surface area contributed by atoms with Gasteiger partial charge in [0.2, 0.25) is 5.76 Å². The van der Waals surface area contributed by atoms with Crippen LogP contribution in [-0.2, 0) is 20.8 Å².